The van der Waals surface area contributed by atoms with Crippen molar-refractivity contribution in [1.29, 1.82) is 0 Å². The molecule has 0 unspecified atom stereocenters. The minimum Gasteiger partial charge on any atom is -0.464 e. The molecule has 0 bridgehead atoms. The first-order valence-corrected chi connectivity index (χ1v) is 6.65. The molecule has 1 heterocycles. The number of rotatable bonds is 6. The van der Waals surface area contributed by atoms with Gasteiger partial charge in [-0.2, -0.15) is 9.97 Å². The Morgan fingerprint density at radius 3 is 2.65 bits per heavy atom. The number of benzene rings is 1. The van der Waals surface area contributed by atoms with Crippen molar-refractivity contribution in [2.45, 2.75) is 13.8 Å². The first-order valence-electron chi connectivity index (χ1n) is 6.27. The van der Waals surface area contributed by atoms with Crippen LogP contribution in [0, 0.1) is 0 Å². The molecule has 0 fully saturated rings. The van der Waals surface area contributed by atoms with Gasteiger partial charge in [0.1, 0.15) is 5.75 Å². The van der Waals surface area contributed by atoms with Crippen LogP contribution < -0.4 is 14.8 Å². The van der Waals surface area contributed by atoms with Gasteiger partial charge in [-0.3, -0.25) is 0 Å². The highest BCUT2D eigenvalue weighted by atomic mass is 35.5. The zero-order chi connectivity index (χ0) is 14.4. The van der Waals surface area contributed by atoms with E-state index in [0.717, 1.165) is 0 Å². The third-order valence-corrected chi connectivity index (χ3v) is 2.44. The number of hydrogen-bond acceptors (Lipinski definition) is 6. The van der Waals surface area contributed by atoms with Crippen LogP contribution in [-0.2, 0) is 0 Å². The summed E-state index contributed by atoms with van der Waals surface area (Å²) in [6.45, 7) is 4.95. The lowest BCUT2D eigenvalue weighted by Gasteiger charge is -2.08. The van der Waals surface area contributed by atoms with Crippen LogP contribution in [-0.4, -0.2) is 28.1 Å². The molecule has 0 spiro atoms. The highest BCUT2D eigenvalue weighted by Crippen LogP contribution is 2.23. The van der Waals surface area contributed by atoms with Gasteiger partial charge in [0.05, 0.1) is 6.61 Å². The zero-order valence-corrected chi connectivity index (χ0v) is 12.0. The summed E-state index contributed by atoms with van der Waals surface area (Å²) in [6.07, 6.45) is 0. The number of ether oxygens (including phenoxy) is 2. The molecule has 0 aliphatic carbocycles. The molecule has 0 radical (unpaired) electrons. The standard InChI is InChI=1S/C13H15ClN4O2/c1-3-15-11-16-12(19-4-2)18-13(17-11)20-10-7-5-6-9(14)8-10/h5-8H,3-4H2,1-2H3,(H,15,16,17,18). The first-order chi connectivity index (χ1) is 9.71. The summed E-state index contributed by atoms with van der Waals surface area (Å²) < 4.78 is 10.9. The fourth-order valence-electron chi connectivity index (χ4n) is 1.45. The van der Waals surface area contributed by atoms with Crippen LogP contribution in [0.4, 0.5) is 5.95 Å². The minimum absolute atomic E-state index is 0.154. The van der Waals surface area contributed by atoms with Crippen LogP contribution >= 0.6 is 11.6 Å². The maximum absolute atomic E-state index is 5.90. The Bertz CT molecular complexity index is 556. The second-order valence-corrected chi connectivity index (χ2v) is 4.18. The molecule has 106 valence electrons. The highest BCUT2D eigenvalue weighted by Gasteiger charge is 2.09. The Hall–Kier alpha value is -2.08. The summed E-state index contributed by atoms with van der Waals surface area (Å²) >= 11 is 5.90. The number of hydrogen-bond donors (Lipinski definition) is 1. The molecule has 0 aliphatic heterocycles. The van der Waals surface area contributed by atoms with Gasteiger partial charge in [-0.15, -0.1) is 4.98 Å². The van der Waals surface area contributed by atoms with Crippen LogP contribution in [0.3, 0.4) is 0 Å². The largest absolute Gasteiger partial charge is 0.464 e. The van der Waals surface area contributed by atoms with E-state index in [-0.39, 0.29) is 12.0 Å². The summed E-state index contributed by atoms with van der Waals surface area (Å²) in [6, 6.07) is 7.37. The van der Waals surface area contributed by atoms with Gasteiger partial charge in [-0.25, -0.2) is 0 Å². The fraction of sp³-hybridized carbons (Fsp3) is 0.308. The molecule has 1 N–H and O–H groups in total. The molecular weight excluding hydrogens is 280 g/mol. The molecule has 0 saturated carbocycles. The Morgan fingerprint density at radius 2 is 1.95 bits per heavy atom. The molecule has 2 rings (SSSR count). The summed E-state index contributed by atoms with van der Waals surface area (Å²) in [7, 11) is 0. The van der Waals surface area contributed by atoms with Gasteiger partial charge in [0.15, 0.2) is 0 Å². The van der Waals surface area contributed by atoms with Gasteiger partial charge in [0, 0.05) is 11.6 Å². The first kappa shape index (κ1) is 14.3. The van der Waals surface area contributed by atoms with Gasteiger partial charge < -0.3 is 14.8 Å². The lowest BCUT2D eigenvalue weighted by molar-refractivity contribution is 0.304. The van der Waals surface area contributed by atoms with Gasteiger partial charge in [-0.05, 0) is 32.0 Å². The summed E-state index contributed by atoms with van der Waals surface area (Å²) in [5.41, 5.74) is 0. The summed E-state index contributed by atoms with van der Waals surface area (Å²) in [5, 5.41) is 3.57. The van der Waals surface area contributed by atoms with E-state index in [1.54, 1.807) is 24.3 Å². The highest BCUT2D eigenvalue weighted by molar-refractivity contribution is 6.30. The van der Waals surface area contributed by atoms with Crippen molar-refractivity contribution in [1.82, 2.24) is 15.0 Å². The fourth-order valence-corrected chi connectivity index (χ4v) is 1.63. The van der Waals surface area contributed by atoms with Gasteiger partial charge in [0.25, 0.3) is 0 Å². The normalized spacial score (nSPS) is 10.2. The van der Waals surface area contributed by atoms with Crippen LogP contribution in [0.1, 0.15) is 13.8 Å². The summed E-state index contributed by atoms with van der Waals surface area (Å²) in [4.78, 5) is 12.3. The average molecular weight is 295 g/mol. The predicted molar refractivity (Wildman–Crippen MR) is 76.7 cm³/mol. The summed E-state index contributed by atoms with van der Waals surface area (Å²) in [5.74, 6) is 0.955. The number of halogens is 1. The number of anilines is 1. The van der Waals surface area contributed by atoms with Gasteiger partial charge >= 0.3 is 12.0 Å². The molecule has 0 saturated heterocycles. The second-order valence-electron chi connectivity index (χ2n) is 3.75. The SMILES string of the molecule is CCNc1nc(OCC)nc(Oc2cccc(Cl)c2)n1. The van der Waals surface area contributed by atoms with E-state index in [0.29, 0.717) is 29.9 Å². The molecule has 0 atom stereocenters. The Morgan fingerprint density at radius 1 is 1.15 bits per heavy atom. The van der Waals surface area contributed by atoms with Crippen LogP contribution in [0.15, 0.2) is 24.3 Å². The Labute approximate surface area is 122 Å². The molecule has 7 heteroatoms. The number of nitrogens with zero attached hydrogens (tertiary/aromatic N) is 3. The predicted octanol–water partition coefficient (Wildman–Crippen LogP) is 3.15. The van der Waals surface area contributed by atoms with E-state index < -0.39 is 0 Å². The van der Waals surface area contributed by atoms with E-state index >= 15 is 0 Å². The van der Waals surface area contributed by atoms with Crippen molar-refractivity contribution in [3.8, 4) is 17.8 Å². The van der Waals surface area contributed by atoms with E-state index in [2.05, 4.69) is 20.3 Å². The molecule has 1 aromatic carbocycles. The van der Waals surface area contributed by atoms with E-state index in [1.807, 2.05) is 13.8 Å². The monoisotopic (exact) mass is 294 g/mol. The topological polar surface area (TPSA) is 69.2 Å². The number of nitrogens with one attached hydrogen (secondary N) is 1. The maximum Gasteiger partial charge on any atom is 0.330 e. The van der Waals surface area contributed by atoms with Crippen LogP contribution in [0.5, 0.6) is 17.8 Å². The Kier molecular flexibility index (Phi) is 4.95. The smallest absolute Gasteiger partial charge is 0.330 e. The van der Waals surface area contributed by atoms with Crippen molar-refractivity contribution < 1.29 is 9.47 Å². The second kappa shape index (κ2) is 6.91. The van der Waals surface area contributed by atoms with Gasteiger partial charge in [0.2, 0.25) is 5.95 Å². The molecule has 1 aromatic heterocycles. The van der Waals surface area contributed by atoms with E-state index in [4.69, 9.17) is 21.1 Å². The van der Waals surface area contributed by atoms with Gasteiger partial charge in [-0.1, -0.05) is 17.7 Å². The van der Waals surface area contributed by atoms with Crippen LogP contribution in [0.25, 0.3) is 0 Å². The molecular formula is C13H15ClN4O2. The number of aromatic nitrogens is 3. The zero-order valence-electron chi connectivity index (χ0n) is 11.3. The van der Waals surface area contributed by atoms with Crippen molar-refractivity contribution >= 4 is 17.5 Å². The minimum atomic E-state index is 0.154. The van der Waals surface area contributed by atoms with Crippen molar-refractivity contribution in [2.24, 2.45) is 0 Å². The lowest BCUT2D eigenvalue weighted by atomic mass is 10.3. The lowest BCUT2D eigenvalue weighted by Crippen LogP contribution is -2.07. The van der Waals surface area contributed by atoms with E-state index in [9.17, 15) is 0 Å². The molecule has 20 heavy (non-hydrogen) atoms. The molecule has 0 amide bonds. The Balaban J connectivity index is 2.25. The molecule has 2 aromatic rings. The van der Waals surface area contributed by atoms with Crippen molar-refractivity contribution in [3.05, 3.63) is 29.3 Å². The van der Waals surface area contributed by atoms with Crippen LogP contribution in [0.2, 0.25) is 5.02 Å². The average Bonchev–Trinajstić information content (AvgIpc) is 2.39. The molecule has 0 aliphatic rings. The quantitative estimate of drug-likeness (QED) is 0.882. The van der Waals surface area contributed by atoms with E-state index in [1.165, 1.54) is 0 Å². The van der Waals surface area contributed by atoms with Crippen molar-refractivity contribution in [3.63, 3.8) is 0 Å². The molecule has 6 nitrogen and oxygen atoms in total. The third-order valence-electron chi connectivity index (χ3n) is 2.21. The maximum atomic E-state index is 5.90. The third kappa shape index (κ3) is 3.96. The van der Waals surface area contributed by atoms with Crippen molar-refractivity contribution in [2.75, 3.05) is 18.5 Å².